The molecular formula is C17H15N2O3S-. The van der Waals surface area contributed by atoms with Crippen molar-refractivity contribution in [3.63, 3.8) is 0 Å². The Balaban J connectivity index is 1.86. The first kappa shape index (κ1) is 15.4. The van der Waals surface area contributed by atoms with E-state index in [1.165, 1.54) is 5.01 Å². The third-order valence-electron chi connectivity index (χ3n) is 3.69. The molecular weight excluding hydrogens is 312 g/mol. The minimum atomic E-state index is -1.22. The number of thiophene rings is 1. The predicted octanol–water partition coefficient (Wildman–Crippen LogP) is 1.96. The second kappa shape index (κ2) is 6.75. The summed E-state index contributed by atoms with van der Waals surface area (Å²) in [5.41, 5.74) is 1.81. The maximum Gasteiger partial charge on any atom is 0.243 e. The number of carboxylic acids is 1. The molecule has 0 bridgehead atoms. The van der Waals surface area contributed by atoms with Crippen LogP contribution in [-0.4, -0.2) is 22.6 Å². The van der Waals surface area contributed by atoms with Crippen molar-refractivity contribution in [1.29, 1.82) is 0 Å². The fourth-order valence-electron chi connectivity index (χ4n) is 2.57. The zero-order valence-corrected chi connectivity index (χ0v) is 13.2. The lowest BCUT2D eigenvalue weighted by atomic mass is 10.0. The van der Waals surface area contributed by atoms with Crippen LogP contribution >= 0.6 is 11.3 Å². The first-order valence-electron chi connectivity index (χ1n) is 7.33. The lowest BCUT2D eigenvalue weighted by Gasteiger charge is -2.20. The normalized spacial score (nSPS) is 17.1. The van der Waals surface area contributed by atoms with Crippen molar-refractivity contribution >= 4 is 28.9 Å². The van der Waals surface area contributed by atoms with E-state index < -0.39 is 5.97 Å². The Kier molecular flexibility index (Phi) is 4.52. The molecule has 23 heavy (non-hydrogen) atoms. The van der Waals surface area contributed by atoms with Crippen LogP contribution < -0.4 is 5.11 Å². The van der Waals surface area contributed by atoms with Gasteiger partial charge < -0.3 is 9.90 Å². The van der Waals surface area contributed by atoms with Crippen molar-refractivity contribution in [2.24, 2.45) is 5.10 Å². The zero-order valence-electron chi connectivity index (χ0n) is 12.3. The van der Waals surface area contributed by atoms with Gasteiger partial charge in [-0.15, -0.1) is 11.3 Å². The van der Waals surface area contributed by atoms with Crippen molar-refractivity contribution in [2.75, 3.05) is 0 Å². The number of benzene rings is 1. The maximum absolute atomic E-state index is 12.4. The van der Waals surface area contributed by atoms with Crippen LogP contribution in [0.3, 0.4) is 0 Å². The van der Waals surface area contributed by atoms with Crippen LogP contribution in [0, 0.1) is 0 Å². The molecule has 2 aromatic rings. The van der Waals surface area contributed by atoms with Gasteiger partial charge in [0.15, 0.2) is 0 Å². The SMILES string of the molecule is O=C([O-])CCC(=O)N1N=C(c2ccccc2)C[C@@H]1c1cccs1. The number of aliphatic carboxylic acids is 1. The van der Waals surface area contributed by atoms with Crippen molar-refractivity contribution in [3.05, 3.63) is 58.3 Å². The summed E-state index contributed by atoms with van der Waals surface area (Å²) in [6.07, 6.45) is 0.236. The van der Waals surface area contributed by atoms with Crippen LogP contribution in [0.1, 0.15) is 35.7 Å². The molecule has 1 aliphatic rings. The highest BCUT2D eigenvalue weighted by molar-refractivity contribution is 7.10. The van der Waals surface area contributed by atoms with E-state index in [1.807, 2.05) is 47.8 Å². The minimum absolute atomic E-state index is 0.101. The molecule has 0 unspecified atom stereocenters. The zero-order chi connectivity index (χ0) is 16.2. The fourth-order valence-corrected chi connectivity index (χ4v) is 3.38. The molecule has 6 heteroatoms. The summed E-state index contributed by atoms with van der Waals surface area (Å²) < 4.78 is 0. The monoisotopic (exact) mass is 327 g/mol. The van der Waals surface area contributed by atoms with Crippen LogP contribution in [0.15, 0.2) is 52.9 Å². The van der Waals surface area contributed by atoms with E-state index in [1.54, 1.807) is 11.3 Å². The third kappa shape index (κ3) is 3.48. The Morgan fingerprint density at radius 1 is 1.17 bits per heavy atom. The standard InChI is InChI=1S/C17H16N2O3S/c20-16(8-9-17(21)22)19-14(15-7-4-10-23-15)11-13(18-19)12-5-2-1-3-6-12/h1-7,10,14H,8-9,11H2,(H,21,22)/p-1/t14-/m1/s1. The van der Waals surface area contributed by atoms with Crippen molar-refractivity contribution in [2.45, 2.75) is 25.3 Å². The predicted molar refractivity (Wildman–Crippen MR) is 85.7 cm³/mol. The Hall–Kier alpha value is -2.47. The molecule has 1 atom stereocenters. The molecule has 0 saturated carbocycles. The summed E-state index contributed by atoms with van der Waals surface area (Å²) in [4.78, 5) is 24.0. The van der Waals surface area contributed by atoms with Gasteiger partial charge >= 0.3 is 0 Å². The Morgan fingerprint density at radius 3 is 2.61 bits per heavy atom. The van der Waals surface area contributed by atoms with E-state index in [9.17, 15) is 14.7 Å². The molecule has 1 aromatic heterocycles. The Morgan fingerprint density at radius 2 is 1.96 bits per heavy atom. The van der Waals surface area contributed by atoms with Crippen LogP contribution in [0.4, 0.5) is 0 Å². The van der Waals surface area contributed by atoms with E-state index in [0.29, 0.717) is 6.42 Å². The number of rotatable bonds is 5. The van der Waals surface area contributed by atoms with E-state index in [0.717, 1.165) is 16.2 Å². The van der Waals surface area contributed by atoms with Crippen molar-refractivity contribution < 1.29 is 14.7 Å². The number of hydrogen-bond donors (Lipinski definition) is 0. The van der Waals surface area contributed by atoms with Crippen molar-refractivity contribution in [3.8, 4) is 0 Å². The van der Waals surface area contributed by atoms with Crippen LogP contribution in [0.2, 0.25) is 0 Å². The van der Waals surface area contributed by atoms with Gasteiger partial charge in [-0.3, -0.25) is 4.79 Å². The highest BCUT2D eigenvalue weighted by Gasteiger charge is 2.33. The van der Waals surface area contributed by atoms with Gasteiger partial charge in [0.25, 0.3) is 0 Å². The topological polar surface area (TPSA) is 72.8 Å². The van der Waals surface area contributed by atoms with Gasteiger partial charge in [0.05, 0.1) is 11.8 Å². The molecule has 0 N–H and O–H groups in total. The number of carbonyl (C=O) groups is 2. The summed E-state index contributed by atoms with van der Waals surface area (Å²) in [6, 6.07) is 13.4. The lowest BCUT2D eigenvalue weighted by molar-refractivity contribution is -0.305. The van der Waals surface area contributed by atoms with Gasteiger partial charge in [0, 0.05) is 23.7 Å². The van der Waals surface area contributed by atoms with Crippen LogP contribution in [0.25, 0.3) is 0 Å². The average molecular weight is 327 g/mol. The molecule has 118 valence electrons. The quantitative estimate of drug-likeness (QED) is 0.842. The molecule has 1 aliphatic heterocycles. The summed E-state index contributed by atoms with van der Waals surface area (Å²) in [5, 5.41) is 18.5. The number of hydrogen-bond acceptors (Lipinski definition) is 5. The van der Waals surface area contributed by atoms with E-state index in [-0.39, 0.29) is 24.8 Å². The smallest absolute Gasteiger partial charge is 0.243 e. The summed E-state index contributed by atoms with van der Waals surface area (Å²) in [5.74, 6) is -1.52. The number of carbonyl (C=O) groups excluding carboxylic acids is 2. The van der Waals surface area contributed by atoms with E-state index in [2.05, 4.69) is 5.10 Å². The molecule has 1 amide bonds. The molecule has 2 heterocycles. The summed E-state index contributed by atoms with van der Waals surface area (Å²) >= 11 is 1.57. The Bertz CT molecular complexity index is 726. The largest absolute Gasteiger partial charge is 0.550 e. The van der Waals surface area contributed by atoms with Crippen LogP contribution in [-0.2, 0) is 9.59 Å². The third-order valence-corrected chi connectivity index (χ3v) is 4.66. The van der Waals surface area contributed by atoms with E-state index in [4.69, 9.17) is 0 Å². The highest BCUT2D eigenvalue weighted by atomic mass is 32.1. The van der Waals surface area contributed by atoms with Gasteiger partial charge in [-0.2, -0.15) is 5.10 Å². The molecule has 0 radical (unpaired) electrons. The maximum atomic E-state index is 12.4. The minimum Gasteiger partial charge on any atom is -0.550 e. The Labute approximate surface area is 137 Å². The van der Waals surface area contributed by atoms with Gasteiger partial charge in [0.2, 0.25) is 5.91 Å². The second-order valence-electron chi connectivity index (χ2n) is 5.26. The molecule has 3 rings (SSSR count). The number of hydrazone groups is 1. The molecule has 1 aromatic carbocycles. The number of nitrogens with zero attached hydrogens (tertiary/aromatic N) is 2. The van der Waals surface area contributed by atoms with Crippen LogP contribution in [0.5, 0.6) is 0 Å². The lowest BCUT2D eigenvalue weighted by Crippen LogP contribution is -2.29. The summed E-state index contributed by atoms with van der Waals surface area (Å²) in [6.45, 7) is 0. The molecule has 0 fully saturated rings. The molecule has 0 saturated heterocycles. The first-order chi connectivity index (χ1) is 11.1. The van der Waals surface area contributed by atoms with Gasteiger partial charge in [-0.1, -0.05) is 36.4 Å². The van der Waals surface area contributed by atoms with Gasteiger partial charge in [-0.25, -0.2) is 5.01 Å². The molecule has 0 aliphatic carbocycles. The fraction of sp³-hybridized carbons (Fsp3) is 0.235. The first-order valence-corrected chi connectivity index (χ1v) is 8.21. The average Bonchev–Trinajstić information content (AvgIpc) is 3.22. The van der Waals surface area contributed by atoms with Gasteiger partial charge in [0.1, 0.15) is 0 Å². The van der Waals surface area contributed by atoms with E-state index >= 15 is 0 Å². The van der Waals surface area contributed by atoms with Gasteiger partial charge in [-0.05, 0) is 23.4 Å². The second-order valence-corrected chi connectivity index (χ2v) is 6.24. The number of amides is 1. The molecule has 5 nitrogen and oxygen atoms in total. The number of carboxylic acid groups (broad SMARTS) is 1. The highest BCUT2D eigenvalue weighted by Crippen LogP contribution is 2.35. The summed E-state index contributed by atoms with van der Waals surface area (Å²) in [7, 11) is 0. The van der Waals surface area contributed by atoms with Crippen molar-refractivity contribution in [1.82, 2.24) is 5.01 Å². The molecule has 0 spiro atoms.